The first-order chi connectivity index (χ1) is 10.3. The zero-order chi connectivity index (χ0) is 14.4. The maximum atomic E-state index is 10.5. The first kappa shape index (κ1) is 12.5. The fourth-order valence-corrected chi connectivity index (χ4v) is 3.09. The van der Waals surface area contributed by atoms with E-state index in [1.54, 1.807) is 0 Å². The molecule has 1 N–H and O–H groups in total. The number of hydrogen-bond donors (Lipinski definition) is 1. The minimum atomic E-state index is -0.293. The van der Waals surface area contributed by atoms with Crippen molar-refractivity contribution in [1.82, 2.24) is 0 Å². The van der Waals surface area contributed by atoms with Gasteiger partial charge in [-0.05, 0) is 35.2 Å². The molecule has 0 aliphatic carbocycles. The normalized spacial score (nSPS) is 17.1. The molecule has 0 fully saturated rings. The molecule has 0 spiro atoms. The number of aromatic hydroxyl groups is 1. The summed E-state index contributed by atoms with van der Waals surface area (Å²) < 4.78 is 11.2. The van der Waals surface area contributed by atoms with Gasteiger partial charge in [0.1, 0.15) is 0 Å². The Labute approximate surface area is 122 Å². The molecule has 0 saturated heterocycles. The van der Waals surface area contributed by atoms with E-state index in [2.05, 4.69) is 18.2 Å². The molecule has 4 rings (SSSR count). The van der Waals surface area contributed by atoms with Crippen LogP contribution in [-0.2, 0) is 11.2 Å². The molecule has 0 saturated carbocycles. The van der Waals surface area contributed by atoms with Crippen molar-refractivity contribution in [2.45, 2.75) is 19.6 Å². The van der Waals surface area contributed by atoms with Gasteiger partial charge in [0, 0.05) is 24.0 Å². The maximum absolute atomic E-state index is 10.5. The summed E-state index contributed by atoms with van der Waals surface area (Å²) in [5, 5.41) is 14.7. The monoisotopic (exact) mass is 280 g/mol. The lowest BCUT2D eigenvalue weighted by Gasteiger charge is -2.11. The molecular formula is C18H16O3. The van der Waals surface area contributed by atoms with Gasteiger partial charge in [-0.1, -0.05) is 30.3 Å². The summed E-state index contributed by atoms with van der Waals surface area (Å²) in [7, 11) is 0. The lowest BCUT2D eigenvalue weighted by molar-refractivity contribution is -0.0609. The Kier molecular flexibility index (Phi) is 2.76. The van der Waals surface area contributed by atoms with E-state index >= 15 is 0 Å². The van der Waals surface area contributed by atoms with E-state index in [-0.39, 0.29) is 12.0 Å². The minimum absolute atomic E-state index is 0.218. The summed E-state index contributed by atoms with van der Waals surface area (Å²) >= 11 is 0. The average molecular weight is 280 g/mol. The van der Waals surface area contributed by atoms with Crippen LogP contribution >= 0.6 is 0 Å². The number of ether oxygens (including phenoxy) is 2. The van der Waals surface area contributed by atoms with E-state index < -0.39 is 0 Å². The van der Waals surface area contributed by atoms with Crippen molar-refractivity contribution in [3.8, 4) is 11.5 Å². The second kappa shape index (κ2) is 4.64. The van der Waals surface area contributed by atoms with Gasteiger partial charge >= 0.3 is 0 Å². The van der Waals surface area contributed by atoms with Crippen molar-refractivity contribution in [2.75, 3.05) is 6.61 Å². The van der Waals surface area contributed by atoms with Crippen LogP contribution in [0.1, 0.15) is 12.5 Å². The summed E-state index contributed by atoms with van der Waals surface area (Å²) in [5.74, 6) is 0.784. The van der Waals surface area contributed by atoms with Gasteiger partial charge in [-0.15, -0.1) is 0 Å². The molecule has 3 nitrogen and oxygen atoms in total. The molecule has 1 aliphatic heterocycles. The lowest BCUT2D eigenvalue weighted by Crippen LogP contribution is -2.16. The number of phenolic OH excluding ortho intramolecular Hbond substituents is 1. The van der Waals surface area contributed by atoms with Crippen LogP contribution in [0.25, 0.3) is 21.5 Å². The van der Waals surface area contributed by atoms with E-state index in [9.17, 15) is 5.11 Å². The largest absolute Gasteiger partial charge is 0.504 e. The van der Waals surface area contributed by atoms with E-state index in [0.717, 1.165) is 21.7 Å². The Morgan fingerprint density at radius 1 is 1.14 bits per heavy atom. The molecule has 1 heterocycles. The molecule has 0 amide bonds. The Morgan fingerprint density at radius 2 is 2.00 bits per heavy atom. The number of rotatable bonds is 2. The molecule has 0 radical (unpaired) electrons. The van der Waals surface area contributed by atoms with Crippen LogP contribution in [0, 0.1) is 0 Å². The predicted molar refractivity (Wildman–Crippen MR) is 82.9 cm³/mol. The highest BCUT2D eigenvalue weighted by Gasteiger charge is 2.27. The maximum Gasteiger partial charge on any atom is 0.204 e. The number of phenols is 1. The molecule has 3 aromatic rings. The van der Waals surface area contributed by atoms with Gasteiger partial charge in [0.15, 0.2) is 11.5 Å². The molecule has 3 aromatic carbocycles. The second-order valence-corrected chi connectivity index (χ2v) is 5.30. The van der Waals surface area contributed by atoms with Crippen molar-refractivity contribution >= 4 is 21.5 Å². The summed E-state index contributed by atoms with van der Waals surface area (Å²) in [4.78, 5) is 0. The minimum Gasteiger partial charge on any atom is -0.504 e. The Hall–Kier alpha value is -2.26. The standard InChI is InChI=1S/C18H16O3/c1-2-20-16-10-12-9-15-13-6-4-3-5-11(13)7-8-14(15)17(19)18(12)21-16/h3-9,16,19H,2,10H2,1H3. The summed E-state index contributed by atoms with van der Waals surface area (Å²) in [6, 6.07) is 14.3. The Bertz CT molecular complexity index is 839. The van der Waals surface area contributed by atoms with Crippen LogP contribution in [0.3, 0.4) is 0 Å². The van der Waals surface area contributed by atoms with Crippen molar-refractivity contribution in [2.24, 2.45) is 0 Å². The lowest BCUT2D eigenvalue weighted by atomic mass is 9.98. The van der Waals surface area contributed by atoms with E-state index in [1.165, 1.54) is 5.39 Å². The van der Waals surface area contributed by atoms with Crippen molar-refractivity contribution < 1.29 is 14.6 Å². The zero-order valence-corrected chi connectivity index (χ0v) is 11.8. The number of benzene rings is 3. The van der Waals surface area contributed by atoms with Crippen LogP contribution in [-0.4, -0.2) is 18.0 Å². The quantitative estimate of drug-likeness (QED) is 0.721. The highest BCUT2D eigenvalue weighted by atomic mass is 16.7. The van der Waals surface area contributed by atoms with Gasteiger partial charge in [-0.2, -0.15) is 0 Å². The molecule has 0 bridgehead atoms. The molecule has 21 heavy (non-hydrogen) atoms. The van der Waals surface area contributed by atoms with Gasteiger partial charge in [0.2, 0.25) is 6.29 Å². The first-order valence-electron chi connectivity index (χ1n) is 7.22. The third-order valence-corrected chi connectivity index (χ3v) is 4.04. The molecule has 1 aliphatic rings. The fourth-order valence-electron chi connectivity index (χ4n) is 3.09. The molecule has 1 atom stereocenters. The SMILES string of the molecule is CCOC1Cc2cc3c(ccc4ccccc43)c(O)c2O1. The summed E-state index contributed by atoms with van der Waals surface area (Å²) in [6.45, 7) is 2.54. The Balaban J connectivity index is 1.97. The third-order valence-electron chi connectivity index (χ3n) is 4.04. The number of fused-ring (bicyclic) bond motifs is 4. The van der Waals surface area contributed by atoms with Crippen LogP contribution < -0.4 is 4.74 Å². The topological polar surface area (TPSA) is 38.7 Å². The summed E-state index contributed by atoms with van der Waals surface area (Å²) in [6.07, 6.45) is 0.384. The van der Waals surface area contributed by atoms with Gasteiger partial charge < -0.3 is 14.6 Å². The third kappa shape index (κ3) is 1.85. The van der Waals surface area contributed by atoms with Crippen LogP contribution in [0.5, 0.6) is 11.5 Å². The predicted octanol–water partition coefficient (Wildman–Crippen LogP) is 4.00. The number of hydrogen-bond acceptors (Lipinski definition) is 3. The van der Waals surface area contributed by atoms with Crippen LogP contribution in [0.4, 0.5) is 0 Å². The second-order valence-electron chi connectivity index (χ2n) is 5.30. The smallest absolute Gasteiger partial charge is 0.204 e. The molecule has 3 heteroatoms. The highest BCUT2D eigenvalue weighted by molar-refractivity contribution is 6.10. The van der Waals surface area contributed by atoms with Gasteiger partial charge in [-0.3, -0.25) is 0 Å². The zero-order valence-electron chi connectivity index (χ0n) is 11.8. The van der Waals surface area contributed by atoms with E-state index in [4.69, 9.17) is 9.47 Å². The van der Waals surface area contributed by atoms with Gasteiger partial charge in [0.05, 0.1) is 0 Å². The van der Waals surface area contributed by atoms with Crippen LogP contribution in [0.2, 0.25) is 0 Å². The highest BCUT2D eigenvalue weighted by Crippen LogP contribution is 2.44. The average Bonchev–Trinajstić information content (AvgIpc) is 2.91. The fraction of sp³-hybridized carbons (Fsp3) is 0.222. The molecule has 0 aromatic heterocycles. The first-order valence-corrected chi connectivity index (χ1v) is 7.22. The molecule has 106 valence electrons. The van der Waals surface area contributed by atoms with Crippen LogP contribution in [0.15, 0.2) is 42.5 Å². The molecule has 1 unspecified atom stereocenters. The van der Waals surface area contributed by atoms with Crippen molar-refractivity contribution in [1.29, 1.82) is 0 Å². The van der Waals surface area contributed by atoms with E-state index in [0.29, 0.717) is 18.8 Å². The van der Waals surface area contributed by atoms with Gasteiger partial charge in [-0.25, -0.2) is 0 Å². The van der Waals surface area contributed by atoms with Gasteiger partial charge in [0.25, 0.3) is 0 Å². The van der Waals surface area contributed by atoms with Crippen molar-refractivity contribution in [3.63, 3.8) is 0 Å². The Morgan fingerprint density at radius 3 is 2.86 bits per heavy atom. The molecular weight excluding hydrogens is 264 g/mol. The summed E-state index contributed by atoms with van der Waals surface area (Å²) in [5.41, 5.74) is 1.01. The van der Waals surface area contributed by atoms with Crippen molar-refractivity contribution in [3.05, 3.63) is 48.0 Å². The van der Waals surface area contributed by atoms with E-state index in [1.807, 2.05) is 31.2 Å².